The van der Waals surface area contributed by atoms with E-state index in [1.165, 1.54) is 18.4 Å². The minimum atomic E-state index is 0.324. The van der Waals surface area contributed by atoms with Gasteiger partial charge >= 0.3 is 0 Å². The zero-order valence-corrected chi connectivity index (χ0v) is 12.2. The Morgan fingerprint density at radius 3 is 2.35 bits per heavy atom. The number of fused-ring (bicyclic) bond motifs is 2. The van der Waals surface area contributed by atoms with E-state index in [1.54, 1.807) is 0 Å². The van der Waals surface area contributed by atoms with Crippen molar-refractivity contribution in [1.82, 2.24) is 4.90 Å². The first-order chi connectivity index (χ1) is 9.74. The highest BCUT2D eigenvalue weighted by Gasteiger charge is 2.49. The molecule has 2 bridgehead atoms. The van der Waals surface area contributed by atoms with E-state index >= 15 is 0 Å². The van der Waals surface area contributed by atoms with Crippen LogP contribution in [0.3, 0.4) is 0 Å². The Kier molecular flexibility index (Phi) is 2.95. The first-order valence-electron chi connectivity index (χ1n) is 8.04. The third kappa shape index (κ3) is 2.01. The number of hydrogen-bond acceptors (Lipinski definition) is 2. The van der Waals surface area contributed by atoms with Crippen molar-refractivity contribution in [1.29, 1.82) is 0 Å². The molecule has 4 atom stereocenters. The molecular weight excluding hydrogens is 246 g/mol. The molecule has 2 heteroatoms. The van der Waals surface area contributed by atoms with Crippen LogP contribution >= 0.6 is 0 Å². The second-order valence-corrected chi connectivity index (χ2v) is 6.98. The Morgan fingerprint density at radius 1 is 1.05 bits per heavy atom. The topological polar surface area (TPSA) is 20.3 Å². The molecule has 0 aromatic heterocycles. The van der Waals surface area contributed by atoms with Gasteiger partial charge in [0.25, 0.3) is 0 Å². The Bertz CT molecular complexity index is 497. The summed E-state index contributed by atoms with van der Waals surface area (Å²) in [7, 11) is 2.24. The van der Waals surface area contributed by atoms with Crippen LogP contribution < -0.4 is 0 Å². The van der Waals surface area contributed by atoms with Crippen molar-refractivity contribution in [2.75, 3.05) is 7.05 Å². The van der Waals surface area contributed by atoms with E-state index in [4.69, 9.17) is 0 Å². The third-order valence-electron chi connectivity index (χ3n) is 5.88. The van der Waals surface area contributed by atoms with E-state index in [2.05, 4.69) is 42.3 Å². The fourth-order valence-corrected chi connectivity index (χ4v) is 4.52. The molecule has 3 aliphatic rings. The summed E-state index contributed by atoms with van der Waals surface area (Å²) in [5.74, 6) is 1.76. The molecule has 3 fully saturated rings. The van der Waals surface area contributed by atoms with Crippen LogP contribution in [0.1, 0.15) is 43.6 Å². The van der Waals surface area contributed by atoms with Gasteiger partial charge in [0.15, 0.2) is 0 Å². The first-order valence-corrected chi connectivity index (χ1v) is 8.04. The molecule has 106 valence electrons. The van der Waals surface area contributed by atoms with Gasteiger partial charge in [0.1, 0.15) is 5.78 Å². The van der Waals surface area contributed by atoms with Crippen LogP contribution in [0, 0.1) is 11.8 Å². The molecular formula is C18H23NO. The molecule has 1 aromatic rings. The van der Waals surface area contributed by atoms with Gasteiger partial charge in [0.2, 0.25) is 0 Å². The maximum atomic E-state index is 12.8. The lowest BCUT2D eigenvalue weighted by Gasteiger charge is -2.35. The molecule has 1 saturated carbocycles. The van der Waals surface area contributed by atoms with Gasteiger partial charge in [0.05, 0.1) is 0 Å². The van der Waals surface area contributed by atoms with Crippen molar-refractivity contribution in [3.05, 3.63) is 35.9 Å². The normalized spacial score (nSPS) is 39.8. The minimum absolute atomic E-state index is 0.324. The molecule has 2 aliphatic heterocycles. The molecule has 0 radical (unpaired) electrons. The van der Waals surface area contributed by atoms with Crippen LogP contribution in [-0.4, -0.2) is 29.8 Å². The van der Waals surface area contributed by atoms with Gasteiger partial charge in [-0.15, -0.1) is 0 Å². The molecule has 4 unspecified atom stereocenters. The van der Waals surface area contributed by atoms with Crippen LogP contribution in [-0.2, 0) is 4.79 Å². The minimum Gasteiger partial charge on any atom is -0.300 e. The monoisotopic (exact) mass is 269 g/mol. The highest BCUT2D eigenvalue weighted by molar-refractivity contribution is 5.87. The van der Waals surface area contributed by atoms with E-state index in [0.717, 1.165) is 19.3 Å². The van der Waals surface area contributed by atoms with Crippen LogP contribution in [0.15, 0.2) is 30.3 Å². The number of Topliss-reactive ketones (excluding diaryl/α,β-unsaturated/α-hetero) is 1. The number of benzene rings is 1. The van der Waals surface area contributed by atoms with E-state index in [-0.39, 0.29) is 0 Å². The molecule has 0 spiro atoms. The van der Waals surface area contributed by atoms with Crippen molar-refractivity contribution in [3.8, 4) is 0 Å². The van der Waals surface area contributed by atoms with E-state index in [0.29, 0.717) is 35.6 Å². The largest absolute Gasteiger partial charge is 0.300 e. The molecule has 2 nitrogen and oxygen atoms in total. The fraction of sp³-hybridized carbons (Fsp3) is 0.611. The fourth-order valence-electron chi connectivity index (χ4n) is 4.52. The Labute approximate surface area is 121 Å². The van der Waals surface area contributed by atoms with Gasteiger partial charge in [-0.1, -0.05) is 30.3 Å². The summed E-state index contributed by atoms with van der Waals surface area (Å²) in [6, 6.07) is 11.9. The van der Waals surface area contributed by atoms with Gasteiger partial charge in [-0.25, -0.2) is 0 Å². The Morgan fingerprint density at radius 2 is 1.70 bits per heavy atom. The molecule has 1 aliphatic carbocycles. The summed E-state index contributed by atoms with van der Waals surface area (Å²) in [6.07, 6.45) is 5.92. The molecule has 2 saturated heterocycles. The lowest BCUT2D eigenvalue weighted by Crippen LogP contribution is -2.42. The second-order valence-electron chi connectivity index (χ2n) is 6.98. The van der Waals surface area contributed by atoms with Gasteiger partial charge in [-0.2, -0.15) is 0 Å². The SMILES string of the molecule is CN1C2CCC1CC(C(=O)C1CC1c1ccccc1)C2. The number of hydrogen-bond donors (Lipinski definition) is 0. The van der Waals surface area contributed by atoms with Gasteiger partial charge in [-0.3, -0.25) is 4.79 Å². The van der Waals surface area contributed by atoms with Crippen LogP contribution in [0.4, 0.5) is 0 Å². The average molecular weight is 269 g/mol. The highest BCUT2D eigenvalue weighted by atomic mass is 16.1. The van der Waals surface area contributed by atoms with Gasteiger partial charge < -0.3 is 4.90 Å². The van der Waals surface area contributed by atoms with E-state index < -0.39 is 0 Å². The second kappa shape index (κ2) is 4.70. The number of carbonyl (C=O) groups excluding carboxylic acids is 1. The summed E-state index contributed by atoms with van der Waals surface area (Å²) >= 11 is 0. The lowest BCUT2D eigenvalue weighted by atomic mass is 9.85. The number of carbonyl (C=O) groups is 1. The maximum Gasteiger partial charge on any atom is 0.139 e. The van der Waals surface area contributed by atoms with Crippen molar-refractivity contribution in [2.45, 2.75) is 50.1 Å². The molecule has 2 heterocycles. The van der Waals surface area contributed by atoms with Crippen LogP contribution in [0.25, 0.3) is 0 Å². The summed E-state index contributed by atoms with van der Waals surface area (Å²) < 4.78 is 0. The Hall–Kier alpha value is -1.15. The number of piperidine rings is 1. The lowest BCUT2D eigenvalue weighted by molar-refractivity contribution is -0.126. The van der Waals surface area contributed by atoms with Crippen LogP contribution in [0.5, 0.6) is 0 Å². The third-order valence-corrected chi connectivity index (χ3v) is 5.88. The quantitative estimate of drug-likeness (QED) is 0.839. The maximum absolute atomic E-state index is 12.8. The number of nitrogens with zero attached hydrogens (tertiary/aromatic N) is 1. The average Bonchev–Trinajstić information content (AvgIpc) is 3.25. The zero-order chi connectivity index (χ0) is 13.7. The van der Waals surface area contributed by atoms with E-state index in [1.807, 2.05) is 0 Å². The van der Waals surface area contributed by atoms with Gasteiger partial charge in [-0.05, 0) is 50.6 Å². The highest BCUT2D eigenvalue weighted by Crippen LogP contribution is 2.51. The Balaban J connectivity index is 1.43. The summed E-state index contributed by atoms with van der Waals surface area (Å²) in [4.78, 5) is 15.3. The number of ketones is 1. The molecule has 20 heavy (non-hydrogen) atoms. The predicted octanol–water partition coefficient (Wildman–Crippen LogP) is 3.23. The van der Waals surface area contributed by atoms with E-state index in [9.17, 15) is 4.79 Å². The molecule has 0 amide bonds. The zero-order valence-electron chi connectivity index (χ0n) is 12.2. The summed E-state index contributed by atoms with van der Waals surface area (Å²) in [5, 5.41) is 0. The standard InChI is InChI=1S/C18H23NO/c1-19-14-7-8-15(19)10-13(9-14)18(20)17-11-16(17)12-5-3-2-4-6-12/h2-6,13-17H,7-11H2,1H3. The predicted molar refractivity (Wildman–Crippen MR) is 79.6 cm³/mol. The number of rotatable bonds is 3. The summed E-state index contributed by atoms with van der Waals surface area (Å²) in [6.45, 7) is 0. The summed E-state index contributed by atoms with van der Waals surface area (Å²) in [5.41, 5.74) is 1.36. The smallest absolute Gasteiger partial charge is 0.139 e. The van der Waals surface area contributed by atoms with Gasteiger partial charge in [0, 0.05) is 23.9 Å². The van der Waals surface area contributed by atoms with Crippen molar-refractivity contribution in [2.24, 2.45) is 11.8 Å². The molecule has 4 rings (SSSR count). The first kappa shape index (κ1) is 12.6. The van der Waals surface area contributed by atoms with Crippen molar-refractivity contribution < 1.29 is 4.79 Å². The van der Waals surface area contributed by atoms with Crippen LogP contribution in [0.2, 0.25) is 0 Å². The molecule has 0 N–H and O–H groups in total. The van der Waals surface area contributed by atoms with Crippen molar-refractivity contribution >= 4 is 5.78 Å². The van der Waals surface area contributed by atoms with Crippen molar-refractivity contribution in [3.63, 3.8) is 0 Å². The molecule has 1 aromatic carbocycles.